The Morgan fingerprint density at radius 1 is 1.02 bits per heavy atom. The molecule has 0 aliphatic heterocycles. The molecule has 3 aromatic carbocycles. The predicted octanol–water partition coefficient (Wildman–Crippen LogP) is 7.66. The Hall–Kier alpha value is -3.98. The van der Waals surface area contributed by atoms with Gasteiger partial charge in [0.15, 0.2) is 17.1 Å². The molecule has 0 aliphatic rings. The average molecular weight is 602 g/mol. The number of methoxy groups -OCH3 is 1. The topological polar surface area (TPSA) is 86.5 Å². The number of fused-ring (bicyclic) bond motifs is 3. The molecule has 5 rings (SSSR count). The van der Waals surface area contributed by atoms with Crippen molar-refractivity contribution in [2.45, 2.75) is 52.7 Å². The first-order chi connectivity index (χ1) is 19.6. The van der Waals surface area contributed by atoms with Gasteiger partial charge in [-0.25, -0.2) is 5.43 Å². The van der Waals surface area contributed by atoms with Crippen molar-refractivity contribution in [1.29, 1.82) is 0 Å². The number of rotatable bonds is 12. The fourth-order valence-electron chi connectivity index (χ4n) is 4.75. The third-order valence-corrected chi connectivity index (χ3v) is 7.29. The standard InChI is InChI=1S/C31H33BrN6O2/c1-4-5-6-9-15-38-26-14-8-7-13-24(26)28-30(38)34-31(37-35-28)36-33-19-23-17-25(32)29(27(18-23)39-3)40-20-22-12-10-11-21(2)16-22/h7-8,10-14,16-19H,4-6,9,15,20H2,1-3H3,(H,34,36,37)/b33-19+. The minimum atomic E-state index is 0.338. The van der Waals surface area contributed by atoms with E-state index in [1.807, 2.05) is 36.4 Å². The first-order valence-electron chi connectivity index (χ1n) is 13.5. The van der Waals surface area contributed by atoms with Gasteiger partial charge in [0.1, 0.15) is 12.1 Å². The lowest BCUT2D eigenvalue weighted by atomic mass is 10.1. The summed E-state index contributed by atoms with van der Waals surface area (Å²) in [7, 11) is 1.62. The van der Waals surface area contributed by atoms with Crippen LogP contribution in [-0.2, 0) is 13.2 Å². The molecule has 2 heterocycles. The zero-order valence-electron chi connectivity index (χ0n) is 23.0. The highest BCUT2D eigenvalue weighted by Gasteiger charge is 2.15. The van der Waals surface area contributed by atoms with E-state index in [4.69, 9.17) is 14.5 Å². The molecular weight excluding hydrogens is 568 g/mol. The van der Waals surface area contributed by atoms with E-state index in [1.54, 1.807) is 13.3 Å². The van der Waals surface area contributed by atoms with Crippen LogP contribution in [0.2, 0.25) is 0 Å². The normalized spacial score (nSPS) is 11.5. The highest BCUT2D eigenvalue weighted by molar-refractivity contribution is 9.10. The molecule has 206 valence electrons. The summed E-state index contributed by atoms with van der Waals surface area (Å²) in [5, 5.41) is 14.2. The summed E-state index contributed by atoms with van der Waals surface area (Å²) in [6.07, 6.45) is 6.40. The average Bonchev–Trinajstić information content (AvgIpc) is 3.27. The number of aromatic nitrogens is 4. The Kier molecular flexibility index (Phi) is 8.91. The van der Waals surface area contributed by atoms with E-state index in [2.05, 4.69) is 79.3 Å². The third kappa shape index (κ3) is 6.25. The molecule has 0 spiro atoms. The monoisotopic (exact) mass is 600 g/mol. The molecule has 8 nitrogen and oxygen atoms in total. The lowest BCUT2D eigenvalue weighted by Crippen LogP contribution is -2.03. The number of unbranched alkanes of at least 4 members (excludes halogenated alkanes) is 3. The summed E-state index contributed by atoms with van der Waals surface area (Å²) in [5.41, 5.74) is 8.78. The van der Waals surface area contributed by atoms with E-state index in [0.29, 0.717) is 24.1 Å². The Labute approximate surface area is 242 Å². The Bertz CT molecular complexity index is 1650. The van der Waals surface area contributed by atoms with Crippen LogP contribution in [-0.4, -0.2) is 33.1 Å². The first-order valence-corrected chi connectivity index (χ1v) is 14.3. The van der Waals surface area contributed by atoms with Gasteiger partial charge in [0.05, 0.1) is 23.3 Å². The molecule has 0 saturated carbocycles. The SMILES string of the molecule is CCCCCCn1c2ccccc2c2nnc(N/N=C/c3cc(Br)c(OCc4cccc(C)c4)c(OC)c3)nc21. The quantitative estimate of drug-likeness (QED) is 0.0898. The summed E-state index contributed by atoms with van der Waals surface area (Å²) in [6.45, 7) is 5.61. The van der Waals surface area contributed by atoms with Gasteiger partial charge in [-0.2, -0.15) is 10.1 Å². The fourth-order valence-corrected chi connectivity index (χ4v) is 5.32. The van der Waals surface area contributed by atoms with E-state index < -0.39 is 0 Å². The molecule has 0 aliphatic carbocycles. The number of para-hydroxylation sites is 1. The van der Waals surface area contributed by atoms with Crippen molar-refractivity contribution >= 4 is 50.2 Å². The number of hydrogen-bond donors (Lipinski definition) is 1. The van der Waals surface area contributed by atoms with Crippen LogP contribution in [0.4, 0.5) is 5.95 Å². The van der Waals surface area contributed by atoms with Gasteiger partial charge in [-0.05, 0) is 58.6 Å². The van der Waals surface area contributed by atoms with Crippen molar-refractivity contribution in [3.63, 3.8) is 0 Å². The summed E-state index contributed by atoms with van der Waals surface area (Å²) >= 11 is 3.62. The van der Waals surface area contributed by atoms with Crippen LogP contribution in [0.3, 0.4) is 0 Å². The molecule has 5 aromatic rings. The molecule has 0 saturated heterocycles. The number of hydrazone groups is 1. The number of aryl methyl sites for hydroxylation is 2. The van der Waals surface area contributed by atoms with Crippen molar-refractivity contribution in [3.05, 3.63) is 81.8 Å². The zero-order valence-corrected chi connectivity index (χ0v) is 24.6. The lowest BCUT2D eigenvalue weighted by molar-refractivity contribution is 0.282. The van der Waals surface area contributed by atoms with Gasteiger partial charge in [-0.15, -0.1) is 10.2 Å². The molecule has 0 amide bonds. The van der Waals surface area contributed by atoms with E-state index >= 15 is 0 Å². The lowest BCUT2D eigenvalue weighted by Gasteiger charge is -2.14. The molecule has 0 bridgehead atoms. The van der Waals surface area contributed by atoms with Crippen molar-refractivity contribution in [2.75, 3.05) is 12.5 Å². The van der Waals surface area contributed by atoms with E-state index in [9.17, 15) is 0 Å². The number of hydrogen-bond acceptors (Lipinski definition) is 7. The number of benzene rings is 3. The molecule has 0 radical (unpaired) electrons. The summed E-state index contributed by atoms with van der Waals surface area (Å²) in [6, 6.07) is 20.3. The molecule has 9 heteroatoms. The maximum atomic E-state index is 6.08. The second kappa shape index (κ2) is 12.9. The maximum absolute atomic E-state index is 6.08. The molecule has 0 unspecified atom stereocenters. The highest BCUT2D eigenvalue weighted by atomic mass is 79.9. The van der Waals surface area contributed by atoms with Crippen LogP contribution in [0.5, 0.6) is 11.5 Å². The Balaban J connectivity index is 1.33. The van der Waals surface area contributed by atoms with Gasteiger partial charge in [0.2, 0.25) is 0 Å². The van der Waals surface area contributed by atoms with E-state index in [1.165, 1.54) is 24.8 Å². The first kappa shape index (κ1) is 27.6. The minimum absolute atomic E-state index is 0.338. The highest BCUT2D eigenvalue weighted by Crippen LogP contribution is 2.37. The number of nitrogens with zero attached hydrogens (tertiary/aromatic N) is 5. The van der Waals surface area contributed by atoms with Gasteiger partial charge in [-0.3, -0.25) is 0 Å². The summed E-state index contributed by atoms with van der Waals surface area (Å²) in [4.78, 5) is 4.78. The smallest absolute Gasteiger partial charge is 0.265 e. The van der Waals surface area contributed by atoms with Gasteiger partial charge >= 0.3 is 0 Å². The van der Waals surface area contributed by atoms with Gasteiger partial charge in [0, 0.05) is 11.9 Å². The molecular formula is C31H33BrN6O2. The minimum Gasteiger partial charge on any atom is -0.493 e. The summed E-state index contributed by atoms with van der Waals surface area (Å²) in [5.74, 6) is 1.58. The van der Waals surface area contributed by atoms with Crippen molar-refractivity contribution < 1.29 is 9.47 Å². The predicted molar refractivity (Wildman–Crippen MR) is 164 cm³/mol. The number of nitrogens with one attached hydrogen (secondary N) is 1. The second-order valence-corrected chi connectivity index (χ2v) is 10.6. The molecule has 1 N–H and O–H groups in total. The van der Waals surface area contributed by atoms with Crippen LogP contribution in [0, 0.1) is 6.92 Å². The van der Waals surface area contributed by atoms with Crippen LogP contribution < -0.4 is 14.9 Å². The van der Waals surface area contributed by atoms with E-state index in [-0.39, 0.29) is 0 Å². The Morgan fingerprint density at radius 2 is 1.90 bits per heavy atom. The maximum Gasteiger partial charge on any atom is 0.265 e. The van der Waals surface area contributed by atoms with E-state index in [0.717, 1.165) is 50.6 Å². The van der Waals surface area contributed by atoms with Crippen molar-refractivity contribution in [1.82, 2.24) is 19.7 Å². The largest absolute Gasteiger partial charge is 0.493 e. The van der Waals surface area contributed by atoms with Gasteiger partial charge in [0.25, 0.3) is 5.95 Å². The number of anilines is 1. The van der Waals surface area contributed by atoms with Crippen molar-refractivity contribution in [2.24, 2.45) is 5.10 Å². The van der Waals surface area contributed by atoms with Crippen LogP contribution in [0.1, 0.15) is 49.3 Å². The van der Waals surface area contributed by atoms with Gasteiger partial charge < -0.3 is 14.0 Å². The number of halogens is 1. The molecule has 0 atom stereocenters. The van der Waals surface area contributed by atoms with Crippen molar-refractivity contribution in [3.8, 4) is 11.5 Å². The molecule has 0 fully saturated rings. The van der Waals surface area contributed by atoms with Gasteiger partial charge in [-0.1, -0.05) is 74.2 Å². The third-order valence-electron chi connectivity index (χ3n) is 6.70. The van der Waals surface area contributed by atoms with Crippen LogP contribution in [0.15, 0.2) is 70.2 Å². The summed E-state index contributed by atoms with van der Waals surface area (Å²) < 4.78 is 14.7. The fraction of sp³-hybridized carbons (Fsp3) is 0.290. The van der Waals surface area contributed by atoms with Crippen LogP contribution in [0.25, 0.3) is 22.1 Å². The zero-order chi connectivity index (χ0) is 27.9. The molecule has 2 aromatic heterocycles. The number of ether oxygens (including phenoxy) is 2. The van der Waals surface area contributed by atoms with Crippen LogP contribution >= 0.6 is 15.9 Å². The Morgan fingerprint density at radius 3 is 2.73 bits per heavy atom. The second-order valence-electron chi connectivity index (χ2n) is 9.72. The molecule has 40 heavy (non-hydrogen) atoms.